The maximum Gasteiger partial charge on any atom is 0.336 e. The third-order valence-electron chi connectivity index (χ3n) is 4.56. The summed E-state index contributed by atoms with van der Waals surface area (Å²) in [7, 11) is 0. The quantitative estimate of drug-likeness (QED) is 0.362. The Kier molecular flexibility index (Phi) is 4.85. The van der Waals surface area contributed by atoms with E-state index in [9.17, 15) is 20.0 Å². The van der Waals surface area contributed by atoms with Gasteiger partial charge in [-0.1, -0.05) is 12.1 Å². The molecule has 0 saturated carbocycles. The van der Waals surface area contributed by atoms with Gasteiger partial charge in [-0.3, -0.25) is 15.2 Å². The van der Waals surface area contributed by atoms with E-state index in [0.29, 0.717) is 29.0 Å². The molecule has 9 heteroatoms. The number of aromatic carboxylic acids is 1. The molecule has 2 heterocycles. The number of rotatable bonds is 6. The molecule has 0 saturated heterocycles. The number of fused-ring (bicyclic) bond motifs is 1. The summed E-state index contributed by atoms with van der Waals surface area (Å²) in [5.41, 5.74) is 2.06. The van der Waals surface area contributed by atoms with Crippen molar-refractivity contribution in [3.8, 4) is 28.3 Å². The Morgan fingerprint density at radius 1 is 1.17 bits per heavy atom. The highest BCUT2D eigenvalue weighted by Crippen LogP contribution is 2.32. The molecular formula is C21H16N4O5. The number of nitro benzene ring substituents is 1. The third-order valence-corrected chi connectivity index (χ3v) is 4.56. The summed E-state index contributed by atoms with van der Waals surface area (Å²) in [5.74, 6) is -0.447. The molecule has 0 aliphatic carbocycles. The van der Waals surface area contributed by atoms with Gasteiger partial charge in [0, 0.05) is 23.3 Å². The van der Waals surface area contributed by atoms with E-state index in [1.807, 2.05) is 6.92 Å². The van der Waals surface area contributed by atoms with Gasteiger partial charge in [0.05, 0.1) is 33.9 Å². The number of hydrogen-bond acceptors (Lipinski definition) is 6. The number of ether oxygens (including phenoxy) is 1. The van der Waals surface area contributed by atoms with Crippen molar-refractivity contribution in [1.82, 2.24) is 15.2 Å². The Bertz CT molecular complexity index is 1260. The fourth-order valence-corrected chi connectivity index (χ4v) is 3.21. The summed E-state index contributed by atoms with van der Waals surface area (Å²) in [6, 6.07) is 14.4. The van der Waals surface area contributed by atoms with Crippen LogP contribution >= 0.6 is 0 Å². The molecule has 30 heavy (non-hydrogen) atoms. The first-order chi connectivity index (χ1) is 14.5. The van der Waals surface area contributed by atoms with Crippen molar-refractivity contribution in [1.29, 1.82) is 0 Å². The SMILES string of the molecule is CCOc1ccc(-c2[nH]nc3nc(-c4cccc([N+](=O)[O-])c4)cc(C(=O)O)c23)cc1. The van der Waals surface area contributed by atoms with Gasteiger partial charge in [-0.2, -0.15) is 5.10 Å². The summed E-state index contributed by atoms with van der Waals surface area (Å²) < 4.78 is 5.44. The van der Waals surface area contributed by atoms with Crippen LogP contribution in [0.15, 0.2) is 54.6 Å². The number of pyridine rings is 1. The molecule has 0 radical (unpaired) electrons. The molecule has 4 rings (SSSR count). The lowest BCUT2D eigenvalue weighted by molar-refractivity contribution is -0.384. The van der Waals surface area contributed by atoms with Crippen LogP contribution in [-0.2, 0) is 0 Å². The number of hydrogen-bond donors (Lipinski definition) is 2. The van der Waals surface area contributed by atoms with Gasteiger partial charge in [-0.25, -0.2) is 9.78 Å². The fraction of sp³-hybridized carbons (Fsp3) is 0.0952. The number of carboxylic acid groups (broad SMARTS) is 1. The number of nitrogens with zero attached hydrogens (tertiary/aromatic N) is 3. The topological polar surface area (TPSA) is 131 Å². The van der Waals surface area contributed by atoms with Crippen molar-refractivity contribution in [3.63, 3.8) is 0 Å². The molecule has 0 atom stereocenters. The number of nitrogens with one attached hydrogen (secondary N) is 1. The number of H-pyrrole nitrogens is 1. The zero-order valence-corrected chi connectivity index (χ0v) is 15.8. The zero-order chi connectivity index (χ0) is 21.3. The second kappa shape index (κ2) is 7.63. The Labute approximate surface area is 170 Å². The van der Waals surface area contributed by atoms with Gasteiger partial charge in [0.25, 0.3) is 5.69 Å². The first-order valence-corrected chi connectivity index (χ1v) is 9.08. The van der Waals surface area contributed by atoms with Crippen molar-refractivity contribution in [2.45, 2.75) is 6.92 Å². The highest BCUT2D eigenvalue weighted by molar-refractivity contribution is 6.08. The fourth-order valence-electron chi connectivity index (χ4n) is 3.21. The lowest BCUT2D eigenvalue weighted by atomic mass is 10.0. The van der Waals surface area contributed by atoms with Crippen LogP contribution in [0.1, 0.15) is 17.3 Å². The standard InChI is InChI=1S/C21H16N4O5/c1-2-30-15-8-6-12(7-9-15)19-18-16(21(26)27)11-17(22-20(18)24-23-19)13-4-3-5-14(10-13)25(28)29/h3-11H,2H2,1H3,(H,26,27)(H,22,23,24). The Morgan fingerprint density at radius 2 is 1.93 bits per heavy atom. The van der Waals surface area contributed by atoms with Gasteiger partial charge in [0.1, 0.15) is 5.75 Å². The molecule has 0 spiro atoms. The minimum absolute atomic E-state index is 0.000796. The molecule has 0 aliphatic rings. The molecule has 4 aromatic rings. The highest BCUT2D eigenvalue weighted by atomic mass is 16.6. The Morgan fingerprint density at radius 3 is 2.60 bits per heavy atom. The number of benzene rings is 2. The number of nitro groups is 1. The number of non-ortho nitro benzene ring substituents is 1. The van der Waals surface area contributed by atoms with Gasteiger partial charge in [-0.05, 0) is 37.3 Å². The maximum atomic E-state index is 12.0. The molecule has 0 unspecified atom stereocenters. The first kappa shape index (κ1) is 19.1. The average molecular weight is 404 g/mol. The molecule has 0 aliphatic heterocycles. The van der Waals surface area contributed by atoms with Crippen LogP contribution in [0.4, 0.5) is 5.69 Å². The van der Waals surface area contributed by atoms with Gasteiger partial charge >= 0.3 is 5.97 Å². The maximum absolute atomic E-state index is 12.0. The molecule has 9 nitrogen and oxygen atoms in total. The summed E-state index contributed by atoms with van der Waals surface area (Å²) in [5, 5.41) is 28.3. The highest BCUT2D eigenvalue weighted by Gasteiger charge is 2.20. The van der Waals surface area contributed by atoms with Gasteiger partial charge in [-0.15, -0.1) is 0 Å². The van der Waals surface area contributed by atoms with Crippen molar-refractivity contribution in [3.05, 3.63) is 70.3 Å². The van der Waals surface area contributed by atoms with Crippen LogP contribution in [0.25, 0.3) is 33.5 Å². The van der Waals surface area contributed by atoms with Gasteiger partial charge < -0.3 is 9.84 Å². The second-order valence-electron chi connectivity index (χ2n) is 6.42. The van der Waals surface area contributed by atoms with E-state index in [-0.39, 0.29) is 22.6 Å². The van der Waals surface area contributed by atoms with Crippen LogP contribution < -0.4 is 4.74 Å². The molecule has 2 aromatic heterocycles. The monoisotopic (exact) mass is 404 g/mol. The van der Waals surface area contributed by atoms with E-state index < -0.39 is 10.9 Å². The number of aromatic amines is 1. The zero-order valence-electron chi connectivity index (χ0n) is 15.8. The lowest BCUT2D eigenvalue weighted by Crippen LogP contribution is -2.00. The number of carbonyl (C=O) groups is 1. The van der Waals surface area contributed by atoms with Gasteiger partial charge in [0.2, 0.25) is 0 Å². The summed E-state index contributed by atoms with van der Waals surface area (Å²) in [6.45, 7) is 2.43. The predicted molar refractivity (Wildman–Crippen MR) is 110 cm³/mol. The average Bonchev–Trinajstić information content (AvgIpc) is 3.18. The largest absolute Gasteiger partial charge is 0.494 e. The van der Waals surface area contributed by atoms with E-state index in [1.54, 1.807) is 30.3 Å². The first-order valence-electron chi connectivity index (χ1n) is 9.08. The van der Waals surface area contributed by atoms with Gasteiger partial charge in [0.15, 0.2) is 5.65 Å². The van der Waals surface area contributed by atoms with E-state index in [4.69, 9.17) is 4.74 Å². The minimum atomic E-state index is -1.15. The summed E-state index contributed by atoms with van der Waals surface area (Å²) in [4.78, 5) is 27.0. The molecule has 2 aromatic carbocycles. The Balaban J connectivity index is 1.86. The Hall–Kier alpha value is -4.27. The summed E-state index contributed by atoms with van der Waals surface area (Å²) in [6.07, 6.45) is 0. The van der Waals surface area contributed by atoms with Crippen LogP contribution in [0.5, 0.6) is 5.75 Å². The molecule has 0 amide bonds. The van der Waals surface area contributed by atoms with Crippen LogP contribution in [0.2, 0.25) is 0 Å². The molecular weight excluding hydrogens is 388 g/mol. The normalized spacial score (nSPS) is 10.8. The van der Waals surface area contributed by atoms with E-state index in [2.05, 4.69) is 15.2 Å². The minimum Gasteiger partial charge on any atom is -0.494 e. The van der Waals surface area contributed by atoms with E-state index in [0.717, 1.165) is 5.56 Å². The molecule has 2 N–H and O–H groups in total. The van der Waals surface area contributed by atoms with Crippen LogP contribution in [0, 0.1) is 10.1 Å². The molecule has 0 fully saturated rings. The second-order valence-corrected chi connectivity index (χ2v) is 6.42. The van der Waals surface area contributed by atoms with E-state index >= 15 is 0 Å². The van der Waals surface area contributed by atoms with Crippen LogP contribution in [0.3, 0.4) is 0 Å². The van der Waals surface area contributed by atoms with Crippen molar-refractivity contribution < 1.29 is 19.6 Å². The summed E-state index contributed by atoms with van der Waals surface area (Å²) >= 11 is 0. The van der Waals surface area contributed by atoms with E-state index in [1.165, 1.54) is 24.3 Å². The van der Waals surface area contributed by atoms with Crippen molar-refractivity contribution in [2.24, 2.45) is 0 Å². The van der Waals surface area contributed by atoms with Crippen LogP contribution in [-0.4, -0.2) is 37.8 Å². The number of aromatic nitrogens is 3. The van der Waals surface area contributed by atoms with Crippen molar-refractivity contribution in [2.75, 3.05) is 6.61 Å². The third kappa shape index (κ3) is 3.44. The smallest absolute Gasteiger partial charge is 0.336 e. The molecule has 150 valence electrons. The molecule has 0 bridgehead atoms. The lowest BCUT2D eigenvalue weighted by Gasteiger charge is -2.07. The predicted octanol–water partition coefficient (Wildman–Crippen LogP) is 4.30. The van der Waals surface area contributed by atoms with Crippen molar-refractivity contribution >= 4 is 22.7 Å². The number of carboxylic acids is 1.